The summed E-state index contributed by atoms with van der Waals surface area (Å²) in [5.41, 5.74) is 8.88. The average molecular weight is 596 g/mol. The zero-order valence-corrected chi connectivity index (χ0v) is 24.6. The van der Waals surface area contributed by atoms with Crippen molar-refractivity contribution in [3.63, 3.8) is 0 Å². The maximum Gasteiger partial charge on any atom is 0.283 e. The normalized spacial score (nSPS) is 18.1. The fraction of sp³-hybridized carbons (Fsp3) is 0.355. The lowest BCUT2D eigenvalue weighted by atomic mass is 9.92. The Hall–Kier alpha value is -3.64. The van der Waals surface area contributed by atoms with E-state index in [2.05, 4.69) is 10.6 Å². The molecule has 0 aliphatic carbocycles. The highest BCUT2D eigenvalue weighted by Crippen LogP contribution is 2.23. The van der Waals surface area contributed by atoms with E-state index in [1.54, 1.807) is 13.8 Å². The van der Waals surface area contributed by atoms with Gasteiger partial charge in [0.25, 0.3) is 10.2 Å². The fourth-order valence-corrected chi connectivity index (χ4v) is 6.75. The quantitative estimate of drug-likeness (QED) is 0.296. The third-order valence-electron chi connectivity index (χ3n) is 7.53. The number of halogens is 1. The van der Waals surface area contributed by atoms with Crippen LogP contribution in [0.3, 0.4) is 0 Å². The number of rotatable bonds is 12. The van der Waals surface area contributed by atoms with Gasteiger partial charge in [-0.3, -0.25) is 9.59 Å². The summed E-state index contributed by atoms with van der Waals surface area (Å²) in [6.07, 6.45) is 0.658. The highest BCUT2D eigenvalue weighted by Gasteiger charge is 2.42. The molecular weight excluding hydrogens is 557 g/mol. The van der Waals surface area contributed by atoms with Crippen LogP contribution in [0.5, 0.6) is 0 Å². The Morgan fingerprint density at radius 1 is 0.881 bits per heavy atom. The van der Waals surface area contributed by atoms with E-state index in [1.807, 2.05) is 60.7 Å². The molecule has 1 aliphatic heterocycles. The molecule has 42 heavy (non-hydrogen) atoms. The molecule has 9 nitrogen and oxygen atoms in total. The van der Waals surface area contributed by atoms with Crippen molar-refractivity contribution in [3.8, 4) is 0 Å². The molecule has 1 fully saturated rings. The number of carbonyl (C=O) groups excluding carboxylic acids is 2. The SMILES string of the molecule is C[C@H](C[C@H](N)[C@H](Cc1ccccc1)NC(=O)[C@H](C)N1CCN(Cc2ccccc2)S1(=O)=O)C(=O)Nc1ccc(F)cc1. The minimum absolute atomic E-state index is 0.194. The third-order valence-corrected chi connectivity index (χ3v) is 9.59. The van der Waals surface area contributed by atoms with Crippen molar-refractivity contribution in [1.29, 1.82) is 0 Å². The molecule has 0 aromatic heterocycles. The summed E-state index contributed by atoms with van der Waals surface area (Å²) in [5, 5.41) is 5.75. The van der Waals surface area contributed by atoms with E-state index in [9.17, 15) is 22.4 Å². The van der Waals surface area contributed by atoms with Gasteiger partial charge in [-0.15, -0.1) is 0 Å². The molecule has 3 aromatic rings. The van der Waals surface area contributed by atoms with E-state index in [0.29, 0.717) is 12.1 Å². The Morgan fingerprint density at radius 3 is 2.10 bits per heavy atom. The van der Waals surface area contributed by atoms with Crippen molar-refractivity contribution in [2.24, 2.45) is 11.7 Å². The Kier molecular flexibility index (Phi) is 10.4. The second-order valence-electron chi connectivity index (χ2n) is 10.7. The van der Waals surface area contributed by atoms with Crippen molar-refractivity contribution >= 4 is 27.7 Å². The van der Waals surface area contributed by atoms with E-state index >= 15 is 0 Å². The van der Waals surface area contributed by atoms with E-state index in [-0.39, 0.29) is 32.0 Å². The Balaban J connectivity index is 1.42. The molecule has 4 atom stereocenters. The van der Waals surface area contributed by atoms with Gasteiger partial charge in [0.1, 0.15) is 11.9 Å². The van der Waals surface area contributed by atoms with Gasteiger partial charge in [-0.2, -0.15) is 17.0 Å². The standard InChI is InChI=1S/C31H38FN5O4S/c1-22(30(38)34-27-15-13-26(32)14-16-27)19-28(33)29(20-24-9-5-3-6-10-24)35-31(39)23(2)37-18-17-36(42(37,40)41)21-25-11-7-4-8-12-25/h3-16,22-23,28-29H,17-21,33H2,1-2H3,(H,34,38)(H,35,39)/t22-,23+,28+,29+/m1/s1. The van der Waals surface area contributed by atoms with E-state index in [4.69, 9.17) is 5.73 Å². The molecule has 0 unspecified atom stereocenters. The van der Waals surface area contributed by atoms with Crippen molar-refractivity contribution in [2.45, 2.75) is 51.4 Å². The van der Waals surface area contributed by atoms with Crippen molar-refractivity contribution < 1.29 is 22.4 Å². The summed E-state index contributed by atoms with van der Waals surface area (Å²) in [6, 6.07) is 22.2. The number of carbonyl (C=O) groups is 2. The average Bonchev–Trinajstić information content (AvgIpc) is 3.27. The predicted octanol–water partition coefficient (Wildman–Crippen LogP) is 3.30. The molecule has 1 heterocycles. The first-order chi connectivity index (χ1) is 20.0. The monoisotopic (exact) mass is 595 g/mol. The minimum atomic E-state index is -3.85. The van der Waals surface area contributed by atoms with Crippen LogP contribution in [0.15, 0.2) is 84.9 Å². The van der Waals surface area contributed by atoms with Crippen LogP contribution < -0.4 is 16.4 Å². The summed E-state index contributed by atoms with van der Waals surface area (Å²) < 4.78 is 42.5. The van der Waals surface area contributed by atoms with Crippen LogP contribution in [0.1, 0.15) is 31.4 Å². The number of nitrogens with two attached hydrogens (primary N) is 1. The van der Waals surface area contributed by atoms with Crippen LogP contribution in [0.2, 0.25) is 0 Å². The Bertz CT molecular complexity index is 1440. The van der Waals surface area contributed by atoms with Crippen LogP contribution in [0, 0.1) is 11.7 Å². The fourth-order valence-electron chi connectivity index (χ4n) is 5.02. The lowest BCUT2D eigenvalue weighted by Gasteiger charge is -2.30. The molecule has 0 bridgehead atoms. The molecule has 11 heteroatoms. The third kappa shape index (κ3) is 8.01. The van der Waals surface area contributed by atoms with E-state index in [0.717, 1.165) is 11.1 Å². The summed E-state index contributed by atoms with van der Waals surface area (Å²) >= 11 is 0. The Labute approximate surface area is 247 Å². The second-order valence-corrected chi connectivity index (χ2v) is 12.6. The number of nitrogens with one attached hydrogen (secondary N) is 2. The smallest absolute Gasteiger partial charge is 0.283 e. The van der Waals surface area contributed by atoms with Crippen molar-refractivity contribution in [3.05, 3.63) is 102 Å². The topological polar surface area (TPSA) is 125 Å². The number of anilines is 1. The summed E-state index contributed by atoms with van der Waals surface area (Å²) in [5.74, 6) is -1.65. The van der Waals surface area contributed by atoms with Crippen LogP contribution in [0.4, 0.5) is 10.1 Å². The van der Waals surface area contributed by atoms with E-state index in [1.165, 1.54) is 32.9 Å². The molecule has 2 amide bonds. The summed E-state index contributed by atoms with van der Waals surface area (Å²) in [6.45, 7) is 4.01. The zero-order valence-electron chi connectivity index (χ0n) is 23.8. The molecule has 1 aliphatic rings. The maximum absolute atomic E-state index is 13.5. The number of benzene rings is 3. The van der Waals surface area contributed by atoms with Gasteiger partial charge < -0.3 is 16.4 Å². The first-order valence-corrected chi connectivity index (χ1v) is 15.4. The highest BCUT2D eigenvalue weighted by molar-refractivity contribution is 7.87. The zero-order chi connectivity index (χ0) is 30.3. The molecule has 224 valence electrons. The summed E-state index contributed by atoms with van der Waals surface area (Å²) in [4.78, 5) is 26.3. The minimum Gasteiger partial charge on any atom is -0.350 e. The molecule has 0 spiro atoms. The van der Waals surface area contributed by atoms with Gasteiger partial charge in [0.05, 0.1) is 0 Å². The lowest BCUT2D eigenvalue weighted by Crippen LogP contribution is -2.55. The maximum atomic E-state index is 13.5. The van der Waals surface area contributed by atoms with Gasteiger partial charge in [0.15, 0.2) is 0 Å². The Morgan fingerprint density at radius 2 is 1.48 bits per heavy atom. The molecule has 0 radical (unpaired) electrons. The van der Waals surface area contributed by atoms with E-state index < -0.39 is 46.0 Å². The predicted molar refractivity (Wildman–Crippen MR) is 161 cm³/mol. The molecule has 4 rings (SSSR count). The van der Waals surface area contributed by atoms with Gasteiger partial charge in [0, 0.05) is 43.3 Å². The molecule has 0 saturated carbocycles. The number of amides is 2. The molecule has 4 N–H and O–H groups in total. The second kappa shape index (κ2) is 14.0. The van der Waals surface area contributed by atoms with Gasteiger partial charge in [-0.25, -0.2) is 4.39 Å². The first-order valence-electron chi connectivity index (χ1n) is 14.0. The first kappa shape index (κ1) is 31.3. The molecule has 3 aromatic carbocycles. The van der Waals surface area contributed by atoms with Crippen LogP contribution >= 0.6 is 0 Å². The summed E-state index contributed by atoms with van der Waals surface area (Å²) in [7, 11) is -3.85. The van der Waals surface area contributed by atoms with Crippen LogP contribution in [-0.4, -0.2) is 60.1 Å². The van der Waals surface area contributed by atoms with Gasteiger partial charge in [0.2, 0.25) is 11.8 Å². The number of hydrogen-bond donors (Lipinski definition) is 3. The number of hydrogen-bond acceptors (Lipinski definition) is 5. The number of nitrogens with zero attached hydrogens (tertiary/aromatic N) is 2. The highest BCUT2D eigenvalue weighted by atomic mass is 32.2. The lowest BCUT2D eigenvalue weighted by molar-refractivity contribution is -0.125. The van der Waals surface area contributed by atoms with Gasteiger partial charge >= 0.3 is 0 Å². The van der Waals surface area contributed by atoms with Crippen molar-refractivity contribution in [1.82, 2.24) is 13.9 Å². The largest absolute Gasteiger partial charge is 0.350 e. The van der Waals surface area contributed by atoms with Crippen LogP contribution in [-0.2, 0) is 32.8 Å². The molecular formula is C31H38FN5O4S. The van der Waals surface area contributed by atoms with Crippen molar-refractivity contribution in [2.75, 3.05) is 18.4 Å². The van der Waals surface area contributed by atoms with Crippen LogP contribution in [0.25, 0.3) is 0 Å². The van der Waals surface area contributed by atoms with Gasteiger partial charge in [-0.05, 0) is 55.2 Å². The van der Waals surface area contributed by atoms with Gasteiger partial charge in [-0.1, -0.05) is 67.6 Å². The molecule has 1 saturated heterocycles.